The molecule has 3 aromatic rings. The van der Waals surface area contributed by atoms with Gasteiger partial charge in [0.25, 0.3) is 5.56 Å². The van der Waals surface area contributed by atoms with Crippen molar-refractivity contribution in [1.82, 2.24) is 9.55 Å². The lowest BCUT2D eigenvalue weighted by atomic mass is 10.1. The number of carbonyl (C=O) groups is 2. The molecular formula is C26H22Cl2N2O7. The largest absolute Gasteiger partial charge is 0.459 e. The van der Waals surface area contributed by atoms with Gasteiger partial charge >= 0.3 is 17.6 Å². The number of H-pyrrole nitrogens is 1. The van der Waals surface area contributed by atoms with Gasteiger partial charge in [0.2, 0.25) is 0 Å². The molecule has 2 aromatic carbocycles. The maximum absolute atomic E-state index is 12.8. The lowest BCUT2D eigenvalue weighted by molar-refractivity contribution is -0.0582. The van der Waals surface area contributed by atoms with Gasteiger partial charge in [-0.25, -0.2) is 14.4 Å². The molecule has 37 heavy (non-hydrogen) atoms. The van der Waals surface area contributed by atoms with Crippen LogP contribution in [0.3, 0.4) is 0 Å². The van der Waals surface area contributed by atoms with Crippen molar-refractivity contribution in [3.8, 4) is 0 Å². The molecule has 1 aliphatic rings. The summed E-state index contributed by atoms with van der Waals surface area (Å²) in [5.41, 5.74) is -0.368. The molecule has 4 rings (SSSR count). The minimum atomic E-state index is -0.893. The molecule has 3 atom stereocenters. The van der Waals surface area contributed by atoms with Crippen molar-refractivity contribution in [3.05, 3.63) is 115 Å². The first-order valence-electron chi connectivity index (χ1n) is 11.2. The van der Waals surface area contributed by atoms with Crippen LogP contribution in [0.25, 0.3) is 0 Å². The van der Waals surface area contributed by atoms with Crippen LogP contribution < -0.4 is 11.2 Å². The van der Waals surface area contributed by atoms with Crippen molar-refractivity contribution in [1.29, 1.82) is 0 Å². The van der Waals surface area contributed by atoms with Gasteiger partial charge in [-0.3, -0.25) is 14.3 Å². The molecule has 1 N–H and O–H groups in total. The molecule has 2 heterocycles. The molecule has 0 radical (unpaired) electrons. The summed E-state index contributed by atoms with van der Waals surface area (Å²) in [5.74, 6) is -1.26. The van der Waals surface area contributed by atoms with E-state index in [1.165, 1.54) is 41.1 Å². The first-order valence-corrected chi connectivity index (χ1v) is 12.0. The zero-order valence-electron chi connectivity index (χ0n) is 19.4. The van der Waals surface area contributed by atoms with Gasteiger partial charge in [-0.1, -0.05) is 29.3 Å². The molecule has 1 aliphatic heterocycles. The second kappa shape index (κ2) is 11.6. The highest BCUT2D eigenvalue weighted by atomic mass is 35.5. The number of ether oxygens (including phenoxy) is 3. The average Bonchev–Trinajstić information content (AvgIpc) is 3.27. The summed E-state index contributed by atoms with van der Waals surface area (Å²) < 4.78 is 18.3. The highest BCUT2D eigenvalue weighted by Crippen LogP contribution is 2.31. The summed E-state index contributed by atoms with van der Waals surface area (Å²) in [7, 11) is 0. The number of rotatable bonds is 8. The Bertz CT molecular complexity index is 1410. The molecule has 0 bridgehead atoms. The smallest absolute Gasteiger partial charge is 0.338 e. The Hall–Kier alpha value is -3.66. The van der Waals surface area contributed by atoms with Crippen LogP contribution in [0.15, 0.2) is 77.0 Å². The summed E-state index contributed by atoms with van der Waals surface area (Å²) in [6, 6.07) is 12.3. The quantitative estimate of drug-likeness (QED) is 0.337. The molecule has 0 aliphatic carbocycles. The monoisotopic (exact) mass is 544 g/mol. The molecule has 3 unspecified atom stereocenters. The fourth-order valence-electron chi connectivity index (χ4n) is 3.81. The summed E-state index contributed by atoms with van der Waals surface area (Å²) in [6.45, 7) is 3.36. The topological polar surface area (TPSA) is 117 Å². The van der Waals surface area contributed by atoms with E-state index < -0.39 is 41.6 Å². The van der Waals surface area contributed by atoms with E-state index in [4.69, 9.17) is 37.4 Å². The maximum Gasteiger partial charge on any atom is 0.338 e. The van der Waals surface area contributed by atoms with Crippen LogP contribution in [0.2, 0.25) is 10.0 Å². The van der Waals surface area contributed by atoms with Crippen molar-refractivity contribution < 1.29 is 23.8 Å². The van der Waals surface area contributed by atoms with Crippen molar-refractivity contribution in [2.75, 3.05) is 6.61 Å². The summed E-state index contributed by atoms with van der Waals surface area (Å²) >= 11 is 11.8. The number of halogens is 2. The molecule has 9 nitrogen and oxygen atoms in total. The summed E-state index contributed by atoms with van der Waals surface area (Å²) in [6.07, 6.45) is 0.571. The molecule has 0 spiro atoms. The molecule has 0 amide bonds. The van der Waals surface area contributed by atoms with Crippen molar-refractivity contribution in [3.63, 3.8) is 0 Å². The molecule has 1 fully saturated rings. The van der Waals surface area contributed by atoms with Crippen LogP contribution in [0.5, 0.6) is 0 Å². The number of nitrogens with one attached hydrogen (secondary N) is 1. The minimum Gasteiger partial charge on any atom is -0.459 e. The van der Waals surface area contributed by atoms with Crippen LogP contribution in [-0.2, 0) is 20.6 Å². The first-order chi connectivity index (χ1) is 17.7. The standard InChI is InChI=1S/C26H22Cl2N2O7/c1-2-3-17-13-30(26(34)29-23(17)31)22-12-20(37-25(33)16-6-10-19(28)11-7-16)21(36-22)14-35-24(32)15-4-8-18(27)9-5-15/h2,4-11,13,20-22H,1,3,12,14H2,(H,29,31,34). The first kappa shape index (κ1) is 26.4. The summed E-state index contributed by atoms with van der Waals surface area (Å²) in [5, 5.41) is 0.926. The average molecular weight is 545 g/mol. The highest BCUT2D eigenvalue weighted by molar-refractivity contribution is 6.31. The number of benzene rings is 2. The summed E-state index contributed by atoms with van der Waals surface area (Å²) in [4.78, 5) is 52.2. The van der Waals surface area contributed by atoms with Gasteiger partial charge in [0.15, 0.2) is 0 Å². The predicted octanol–water partition coefficient (Wildman–Crippen LogP) is 3.94. The normalized spacial score (nSPS) is 18.8. The Morgan fingerprint density at radius 2 is 1.62 bits per heavy atom. The van der Waals surface area contributed by atoms with Crippen LogP contribution in [0.1, 0.15) is 38.9 Å². The molecule has 192 valence electrons. The second-order valence-electron chi connectivity index (χ2n) is 8.23. The highest BCUT2D eigenvalue weighted by Gasteiger charge is 2.40. The third-order valence-corrected chi connectivity index (χ3v) is 6.20. The number of nitrogens with zero attached hydrogens (tertiary/aromatic N) is 1. The Morgan fingerprint density at radius 3 is 2.22 bits per heavy atom. The fourth-order valence-corrected chi connectivity index (χ4v) is 4.06. The van der Waals surface area contributed by atoms with Gasteiger partial charge in [-0.05, 0) is 55.0 Å². The van der Waals surface area contributed by atoms with Gasteiger partial charge in [0, 0.05) is 28.2 Å². The molecule has 1 saturated heterocycles. The van der Waals surface area contributed by atoms with Crippen LogP contribution in [0.4, 0.5) is 0 Å². The van der Waals surface area contributed by atoms with Crippen LogP contribution in [0, 0.1) is 0 Å². The number of hydrogen-bond donors (Lipinski definition) is 1. The molecule has 11 heteroatoms. The number of carbonyl (C=O) groups excluding carboxylic acids is 2. The van der Waals surface area contributed by atoms with E-state index in [9.17, 15) is 19.2 Å². The molecule has 1 aromatic heterocycles. The fraction of sp³-hybridized carbons (Fsp3) is 0.231. The molecular weight excluding hydrogens is 523 g/mol. The number of hydrogen-bond acceptors (Lipinski definition) is 7. The third kappa shape index (κ3) is 6.37. The zero-order chi connectivity index (χ0) is 26.5. The minimum absolute atomic E-state index is 0.0714. The van der Waals surface area contributed by atoms with Gasteiger partial charge in [0.05, 0.1) is 11.1 Å². The third-order valence-electron chi connectivity index (χ3n) is 5.69. The van der Waals surface area contributed by atoms with Crippen molar-refractivity contribution in [2.24, 2.45) is 0 Å². The SMILES string of the molecule is C=CCc1cn(C2CC(OC(=O)c3ccc(Cl)cc3)C(COC(=O)c3ccc(Cl)cc3)O2)c(=O)[nH]c1=O. The van der Waals surface area contributed by atoms with E-state index in [0.29, 0.717) is 15.6 Å². The molecule has 0 saturated carbocycles. The zero-order valence-corrected chi connectivity index (χ0v) is 20.9. The van der Waals surface area contributed by atoms with Crippen molar-refractivity contribution in [2.45, 2.75) is 31.3 Å². The number of aromatic amines is 1. The van der Waals surface area contributed by atoms with E-state index in [0.717, 1.165) is 0 Å². The van der Waals surface area contributed by atoms with Gasteiger partial charge in [-0.2, -0.15) is 0 Å². The van der Waals surface area contributed by atoms with E-state index in [-0.39, 0.29) is 30.6 Å². The number of aromatic nitrogens is 2. The number of esters is 2. The van der Waals surface area contributed by atoms with E-state index in [1.807, 2.05) is 0 Å². The predicted molar refractivity (Wildman–Crippen MR) is 136 cm³/mol. The Labute approximate surface area is 221 Å². The van der Waals surface area contributed by atoms with Gasteiger partial charge in [-0.15, -0.1) is 6.58 Å². The lowest BCUT2D eigenvalue weighted by Gasteiger charge is -2.19. The van der Waals surface area contributed by atoms with Crippen molar-refractivity contribution >= 4 is 35.1 Å². The van der Waals surface area contributed by atoms with Gasteiger partial charge < -0.3 is 14.2 Å². The van der Waals surface area contributed by atoms with Crippen LogP contribution >= 0.6 is 23.2 Å². The Kier molecular flexibility index (Phi) is 8.27. The lowest BCUT2D eigenvalue weighted by Crippen LogP contribution is -2.34. The maximum atomic E-state index is 12.8. The Balaban J connectivity index is 1.55. The van der Waals surface area contributed by atoms with E-state index in [2.05, 4.69) is 11.6 Å². The second-order valence-corrected chi connectivity index (χ2v) is 9.11. The van der Waals surface area contributed by atoms with Gasteiger partial charge in [0.1, 0.15) is 25.0 Å². The van der Waals surface area contributed by atoms with E-state index in [1.54, 1.807) is 24.3 Å². The Morgan fingerprint density at radius 1 is 1.03 bits per heavy atom. The van der Waals surface area contributed by atoms with E-state index >= 15 is 0 Å². The number of allylic oxidation sites excluding steroid dienone is 1. The van der Waals surface area contributed by atoms with Crippen LogP contribution in [-0.4, -0.2) is 40.3 Å².